The SMILES string of the molecule is CC1CCC(c2ccc(C=O)c(O)c2)C1. The van der Waals surface area contributed by atoms with Gasteiger partial charge in [-0.25, -0.2) is 0 Å². The number of carbonyl (C=O) groups excluding carboxylic acids is 1. The minimum Gasteiger partial charge on any atom is -0.507 e. The lowest BCUT2D eigenvalue weighted by atomic mass is 9.95. The second kappa shape index (κ2) is 4.05. The van der Waals surface area contributed by atoms with E-state index >= 15 is 0 Å². The third-order valence-corrected chi connectivity index (χ3v) is 3.35. The van der Waals surface area contributed by atoms with E-state index in [1.54, 1.807) is 12.1 Å². The molecule has 1 aliphatic rings. The molecule has 0 saturated heterocycles. The molecule has 1 fully saturated rings. The monoisotopic (exact) mass is 204 g/mol. The number of hydrogen-bond acceptors (Lipinski definition) is 2. The van der Waals surface area contributed by atoms with Gasteiger partial charge in [-0.3, -0.25) is 4.79 Å². The van der Waals surface area contributed by atoms with Crippen LogP contribution in [0.4, 0.5) is 0 Å². The second-order valence-corrected chi connectivity index (χ2v) is 4.55. The van der Waals surface area contributed by atoms with Gasteiger partial charge in [0, 0.05) is 0 Å². The number of benzene rings is 1. The molecule has 0 radical (unpaired) electrons. The zero-order valence-electron chi connectivity index (χ0n) is 8.94. The quantitative estimate of drug-likeness (QED) is 0.751. The minimum absolute atomic E-state index is 0.113. The van der Waals surface area contributed by atoms with Crippen LogP contribution in [0, 0.1) is 5.92 Å². The van der Waals surface area contributed by atoms with Crippen molar-refractivity contribution in [2.45, 2.75) is 32.1 Å². The molecule has 1 aromatic rings. The van der Waals surface area contributed by atoms with Crippen LogP contribution < -0.4 is 0 Å². The van der Waals surface area contributed by atoms with Crippen LogP contribution in [0.15, 0.2) is 18.2 Å². The molecule has 2 rings (SSSR count). The summed E-state index contributed by atoms with van der Waals surface area (Å²) in [5, 5.41) is 9.59. The number of phenols is 1. The minimum atomic E-state index is 0.113. The van der Waals surface area contributed by atoms with Crippen molar-refractivity contribution in [3.05, 3.63) is 29.3 Å². The summed E-state index contributed by atoms with van der Waals surface area (Å²) in [6, 6.07) is 5.42. The van der Waals surface area contributed by atoms with Gasteiger partial charge in [0.25, 0.3) is 0 Å². The van der Waals surface area contributed by atoms with Gasteiger partial charge in [0.2, 0.25) is 0 Å². The molecule has 0 heterocycles. The van der Waals surface area contributed by atoms with Crippen molar-refractivity contribution in [2.75, 3.05) is 0 Å². The highest BCUT2D eigenvalue weighted by Crippen LogP contribution is 2.38. The van der Waals surface area contributed by atoms with Crippen LogP contribution in [0.1, 0.15) is 48.0 Å². The van der Waals surface area contributed by atoms with Gasteiger partial charge in [-0.05, 0) is 42.4 Å². The molecule has 1 saturated carbocycles. The molecule has 0 aromatic heterocycles. The Morgan fingerprint density at radius 2 is 2.20 bits per heavy atom. The van der Waals surface area contributed by atoms with Crippen molar-refractivity contribution in [1.82, 2.24) is 0 Å². The van der Waals surface area contributed by atoms with Crippen LogP contribution in [0.3, 0.4) is 0 Å². The van der Waals surface area contributed by atoms with E-state index in [9.17, 15) is 9.90 Å². The Morgan fingerprint density at radius 3 is 2.73 bits per heavy atom. The lowest BCUT2D eigenvalue weighted by molar-refractivity contribution is 0.112. The summed E-state index contributed by atoms with van der Waals surface area (Å²) in [5.41, 5.74) is 1.55. The second-order valence-electron chi connectivity index (χ2n) is 4.55. The summed E-state index contributed by atoms with van der Waals surface area (Å²) >= 11 is 0. The molecular formula is C13H16O2. The first-order valence-corrected chi connectivity index (χ1v) is 5.49. The van der Waals surface area contributed by atoms with Crippen molar-refractivity contribution in [3.63, 3.8) is 0 Å². The average molecular weight is 204 g/mol. The Morgan fingerprint density at radius 1 is 1.40 bits per heavy atom. The van der Waals surface area contributed by atoms with Crippen LogP contribution in [0.5, 0.6) is 5.75 Å². The van der Waals surface area contributed by atoms with Crippen LogP contribution in [0.25, 0.3) is 0 Å². The Balaban J connectivity index is 2.22. The standard InChI is InChI=1S/C13H16O2/c1-9-2-3-10(6-9)11-4-5-12(8-14)13(15)7-11/h4-5,7-10,15H,2-3,6H2,1H3. The molecule has 0 bridgehead atoms. The van der Waals surface area contributed by atoms with E-state index in [0.29, 0.717) is 17.8 Å². The number of rotatable bonds is 2. The molecule has 2 unspecified atom stereocenters. The van der Waals surface area contributed by atoms with E-state index in [4.69, 9.17) is 0 Å². The largest absolute Gasteiger partial charge is 0.507 e. The van der Waals surface area contributed by atoms with Gasteiger partial charge in [0.1, 0.15) is 5.75 Å². The highest BCUT2D eigenvalue weighted by molar-refractivity contribution is 5.79. The van der Waals surface area contributed by atoms with E-state index in [-0.39, 0.29) is 5.75 Å². The highest BCUT2D eigenvalue weighted by Gasteiger charge is 2.23. The molecule has 2 nitrogen and oxygen atoms in total. The lowest BCUT2D eigenvalue weighted by Crippen LogP contribution is -1.94. The fourth-order valence-corrected chi connectivity index (χ4v) is 2.42. The van der Waals surface area contributed by atoms with E-state index in [2.05, 4.69) is 6.92 Å². The first-order valence-electron chi connectivity index (χ1n) is 5.49. The normalized spacial score (nSPS) is 25.4. The summed E-state index contributed by atoms with van der Waals surface area (Å²) in [6.45, 7) is 2.26. The van der Waals surface area contributed by atoms with Crippen molar-refractivity contribution in [3.8, 4) is 5.75 Å². The van der Waals surface area contributed by atoms with Crippen molar-refractivity contribution >= 4 is 6.29 Å². The molecule has 0 aliphatic heterocycles. The summed E-state index contributed by atoms with van der Waals surface area (Å²) in [4.78, 5) is 10.6. The molecular weight excluding hydrogens is 188 g/mol. The molecule has 2 heteroatoms. The van der Waals surface area contributed by atoms with Gasteiger partial charge >= 0.3 is 0 Å². The predicted molar refractivity (Wildman–Crippen MR) is 59.3 cm³/mol. The molecule has 0 amide bonds. The smallest absolute Gasteiger partial charge is 0.153 e. The number of phenolic OH excluding ortho intramolecular Hbond substituents is 1. The third kappa shape index (κ3) is 2.04. The van der Waals surface area contributed by atoms with Crippen LogP contribution >= 0.6 is 0 Å². The summed E-state index contributed by atoms with van der Waals surface area (Å²) in [5.74, 6) is 1.46. The first kappa shape index (κ1) is 10.2. The van der Waals surface area contributed by atoms with Crippen LogP contribution in [-0.2, 0) is 0 Å². The van der Waals surface area contributed by atoms with Crippen LogP contribution in [0.2, 0.25) is 0 Å². The fourth-order valence-electron chi connectivity index (χ4n) is 2.42. The van der Waals surface area contributed by atoms with Gasteiger partial charge in [-0.15, -0.1) is 0 Å². The number of aldehydes is 1. The molecule has 1 aromatic carbocycles. The number of carbonyl (C=O) groups is 1. The molecule has 1 N–H and O–H groups in total. The Hall–Kier alpha value is -1.31. The maximum absolute atomic E-state index is 10.6. The zero-order valence-corrected chi connectivity index (χ0v) is 8.94. The fraction of sp³-hybridized carbons (Fsp3) is 0.462. The molecule has 15 heavy (non-hydrogen) atoms. The van der Waals surface area contributed by atoms with Crippen molar-refractivity contribution in [2.24, 2.45) is 5.92 Å². The van der Waals surface area contributed by atoms with Gasteiger partial charge in [-0.1, -0.05) is 19.4 Å². The first-order chi connectivity index (χ1) is 7.20. The van der Waals surface area contributed by atoms with E-state index in [1.165, 1.54) is 24.8 Å². The van der Waals surface area contributed by atoms with E-state index in [0.717, 1.165) is 5.92 Å². The summed E-state index contributed by atoms with van der Waals surface area (Å²) in [6.07, 6.45) is 4.35. The lowest BCUT2D eigenvalue weighted by Gasteiger charge is -2.10. The molecule has 1 aliphatic carbocycles. The number of aromatic hydroxyl groups is 1. The Bertz CT molecular complexity index is 371. The zero-order chi connectivity index (χ0) is 10.8. The van der Waals surface area contributed by atoms with Crippen LogP contribution in [-0.4, -0.2) is 11.4 Å². The molecule has 2 atom stereocenters. The van der Waals surface area contributed by atoms with Gasteiger partial charge < -0.3 is 5.11 Å². The molecule has 80 valence electrons. The number of hydrogen-bond donors (Lipinski definition) is 1. The summed E-state index contributed by atoms with van der Waals surface area (Å²) < 4.78 is 0. The Labute approximate surface area is 89.9 Å². The van der Waals surface area contributed by atoms with Crippen molar-refractivity contribution in [1.29, 1.82) is 0 Å². The topological polar surface area (TPSA) is 37.3 Å². The Kier molecular flexibility index (Phi) is 2.76. The highest BCUT2D eigenvalue weighted by atomic mass is 16.3. The maximum Gasteiger partial charge on any atom is 0.153 e. The van der Waals surface area contributed by atoms with Crippen molar-refractivity contribution < 1.29 is 9.90 Å². The third-order valence-electron chi connectivity index (χ3n) is 3.35. The van der Waals surface area contributed by atoms with Gasteiger partial charge in [0.05, 0.1) is 5.56 Å². The van der Waals surface area contributed by atoms with E-state index < -0.39 is 0 Å². The summed E-state index contributed by atoms with van der Waals surface area (Å²) in [7, 11) is 0. The average Bonchev–Trinajstić information content (AvgIpc) is 2.65. The molecule has 0 spiro atoms. The van der Waals surface area contributed by atoms with E-state index in [1.807, 2.05) is 6.07 Å². The van der Waals surface area contributed by atoms with Gasteiger partial charge in [0.15, 0.2) is 6.29 Å². The predicted octanol–water partition coefficient (Wildman–Crippen LogP) is 3.11. The van der Waals surface area contributed by atoms with Gasteiger partial charge in [-0.2, -0.15) is 0 Å². The maximum atomic E-state index is 10.6.